The second-order valence-corrected chi connectivity index (χ2v) is 9.23. The minimum Gasteiger partial charge on any atom is -0.489 e. The van der Waals surface area contributed by atoms with Crippen molar-refractivity contribution in [3.8, 4) is 5.75 Å². The number of nitrogens with zero attached hydrogens (tertiary/aromatic N) is 1. The number of carbonyl (C=O) groups is 2. The Morgan fingerprint density at radius 2 is 1.93 bits per heavy atom. The second-order valence-electron chi connectivity index (χ2n) is 7.72. The van der Waals surface area contributed by atoms with Gasteiger partial charge in [0.05, 0.1) is 4.87 Å². The number of benzene rings is 2. The Kier molecular flexibility index (Phi) is 5.81. The minimum atomic E-state index is -0.339. The molecular formula is C23H26N2O3S. The standard InChI is InChI=1S/C23H26N2O3S/c1-23-13-11-21(26)25(23)20(16-29-23)22(27)24-14-12-17-7-9-19(10-8-17)28-15-18-5-3-2-4-6-18/h2-10,20H,11-16H2,1H3,(H,24,27)/t20-,23+/m1/s1. The van der Waals surface area contributed by atoms with Crippen LogP contribution < -0.4 is 10.1 Å². The predicted octanol–water partition coefficient (Wildman–Crippen LogP) is 3.38. The fourth-order valence-electron chi connectivity index (χ4n) is 3.96. The van der Waals surface area contributed by atoms with E-state index in [1.807, 2.05) is 54.6 Å². The summed E-state index contributed by atoms with van der Waals surface area (Å²) >= 11 is 1.72. The first kappa shape index (κ1) is 19.8. The number of hydrogen-bond donors (Lipinski definition) is 1. The quantitative estimate of drug-likeness (QED) is 0.760. The van der Waals surface area contributed by atoms with Crippen LogP contribution in [0.1, 0.15) is 30.9 Å². The highest BCUT2D eigenvalue weighted by Crippen LogP contribution is 2.47. The number of rotatable bonds is 7. The summed E-state index contributed by atoms with van der Waals surface area (Å²) in [5, 5.41) is 3.01. The Hall–Kier alpha value is -2.47. The zero-order chi connectivity index (χ0) is 20.3. The van der Waals surface area contributed by atoms with Crippen LogP contribution in [0.2, 0.25) is 0 Å². The molecule has 6 heteroatoms. The second kappa shape index (κ2) is 8.49. The minimum absolute atomic E-state index is 0.0423. The number of ether oxygens (including phenoxy) is 1. The maximum atomic E-state index is 12.6. The van der Waals surface area contributed by atoms with Crippen molar-refractivity contribution < 1.29 is 14.3 Å². The van der Waals surface area contributed by atoms with Crippen molar-refractivity contribution >= 4 is 23.6 Å². The van der Waals surface area contributed by atoms with Crippen molar-refractivity contribution in [2.45, 2.75) is 43.7 Å². The van der Waals surface area contributed by atoms with Crippen molar-refractivity contribution in [1.29, 1.82) is 0 Å². The third kappa shape index (κ3) is 4.42. The Morgan fingerprint density at radius 3 is 2.69 bits per heavy atom. The van der Waals surface area contributed by atoms with E-state index >= 15 is 0 Å². The van der Waals surface area contributed by atoms with E-state index in [0.717, 1.165) is 29.7 Å². The van der Waals surface area contributed by atoms with Gasteiger partial charge in [0.25, 0.3) is 0 Å². The molecule has 2 aliphatic heterocycles. The van der Waals surface area contributed by atoms with Gasteiger partial charge in [-0.1, -0.05) is 42.5 Å². The number of nitrogens with one attached hydrogen (secondary N) is 1. The SMILES string of the molecule is C[C@]12CCC(=O)N1[C@@H](C(=O)NCCc1ccc(OCc3ccccc3)cc1)CS2. The molecule has 0 aromatic heterocycles. The molecule has 0 bridgehead atoms. The molecule has 2 atom stereocenters. The lowest BCUT2D eigenvalue weighted by molar-refractivity contribution is -0.137. The molecule has 29 heavy (non-hydrogen) atoms. The summed E-state index contributed by atoms with van der Waals surface area (Å²) in [6.45, 7) is 3.17. The van der Waals surface area contributed by atoms with Crippen LogP contribution >= 0.6 is 11.8 Å². The number of fused-ring (bicyclic) bond motifs is 1. The van der Waals surface area contributed by atoms with Crippen LogP contribution in [0.5, 0.6) is 5.75 Å². The Labute approximate surface area is 175 Å². The first-order chi connectivity index (χ1) is 14.0. The summed E-state index contributed by atoms with van der Waals surface area (Å²) < 4.78 is 5.81. The van der Waals surface area contributed by atoms with E-state index in [2.05, 4.69) is 12.2 Å². The van der Waals surface area contributed by atoms with Crippen molar-refractivity contribution in [2.75, 3.05) is 12.3 Å². The van der Waals surface area contributed by atoms with Crippen LogP contribution in [-0.2, 0) is 22.6 Å². The van der Waals surface area contributed by atoms with Crippen LogP contribution in [0.15, 0.2) is 54.6 Å². The molecule has 2 amide bonds. The lowest BCUT2D eigenvalue weighted by Gasteiger charge is -2.29. The molecule has 4 rings (SSSR count). The number of thioether (sulfide) groups is 1. The van der Waals surface area contributed by atoms with Crippen LogP contribution in [0.25, 0.3) is 0 Å². The van der Waals surface area contributed by atoms with Gasteiger partial charge in [-0.3, -0.25) is 9.59 Å². The van der Waals surface area contributed by atoms with E-state index < -0.39 is 0 Å². The summed E-state index contributed by atoms with van der Waals surface area (Å²) in [6, 6.07) is 17.7. The predicted molar refractivity (Wildman–Crippen MR) is 115 cm³/mol. The van der Waals surface area contributed by atoms with Crippen LogP contribution in [0.3, 0.4) is 0 Å². The monoisotopic (exact) mass is 410 g/mol. The number of amides is 2. The Morgan fingerprint density at radius 1 is 1.17 bits per heavy atom. The molecule has 5 nitrogen and oxygen atoms in total. The molecule has 2 aliphatic rings. The van der Waals surface area contributed by atoms with Crippen molar-refractivity contribution in [1.82, 2.24) is 10.2 Å². The fraction of sp³-hybridized carbons (Fsp3) is 0.391. The van der Waals surface area contributed by atoms with Gasteiger partial charge in [-0.2, -0.15) is 0 Å². The van der Waals surface area contributed by atoms with Crippen LogP contribution in [-0.4, -0.2) is 39.9 Å². The normalized spacial score (nSPS) is 23.1. The van der Waals surface area contributed by atoms with Gasteiger partial charge in [-0.15, -0.1) is 11.8 Å². The van der Waals surface area contributed by atoms with Crippen molar-refractivity contribution in [2.24, 2.45) is 0 Å². The van der Waals surface area contributed by atoms with E-state index in [0.29, 0.717) is 25.3 Å². The highest BCUT2D eigenvalue weighted by molar-refractivity contribution is 8.01. The molecule has 2 heterocycles. The van der Waals surface area contributed by atoms with E-state index in [1.165, 1.54) is 0 Å². The zero-order valence-corrected chi connectivity index (χ0v) is 17.4. The fourth-order valence-corrected chi connectivity index (χ4v) is 5.39. The summed E-state index contributed by atoms with van der Waals surface area (Å²) in [5.41, 5.74) is 2.28. The molecule has 2 fully saturated rings. The van der Waals surface area contributed by atoms with Crippen molar-refractivity contribution in [3.63, 3.8) is 0 Å². The van der Waals surface area contributed by atoms with E-state index in [4.69, 9.17) is 4.74 Å². The van der Waals surface area contributed by atoms with E-state index in [-0.39, 0.29) is 22.7 Å². The van der Waals surface area contributed by atoms with Gasteiger partial charge in [-0.25, -0.2) is 0 Å². The van der Waals surface area contributed by atoms with Gasteiger partial charge >= 0.3 is 0 Å². The Bertz CT molecular complexity index is 871. The summed E-state index contributed by atoms with van der Waals surface area (Å²) in [5.74, 6) is 1.57. The average Bonchev–Trinajstić information content (AvgIpc) is 3.24. The van der Waals surface area contributed by atoms with Crippen LogP contribution in [0.4, 0.5) is 0 Å². The molecule has 0 aliphatic carbocycles. The van der Waals surface area contributed by atoms with Gasteiger partial charge in [0, 0.05) is 18.7 Å². The maximum absolute atomic E-state index is 12.6. The first-order valence-corrected chi connectivity index (χ1v) is 11.0. The third-order valence-corrected chi connectivity index (χ3v) is 7.14. The smallest absolute Gasteiger partial charge is 0.243 e. The zero-order valence-electron chi connectivity index (χ0n) is 16.6. The summed E-state index contributed by atoms with van der Waals surface area (Å²) in [6.07, 6.45) is 2.13. The number of carbonyl (C=O) groups excluding carboxylic acids is 2. The van der Waals surface area contributed by atoms with Gasteiger partial charge in [-0.05, 0) is 43.0 Å². The highest BCUT2D eigenvalue weighted by Gasteiger charge is 2.52. The lowest BCUT2D eigenvalue weighted by Crippen LogP contribution is -2.50. The summed E-state index contributed by atoms with van der Waals surface area (Å²) in [4.78, 5) is 26.4. The van der Waals surface area contributed by atoms with Crippen molar-refractivity contribution in [3.05, 3.63) is 65.7 Å². The molecule has 152 valence electrons. The molecule has 0 unspecified atom stereocenters. The molecule has 1 N–H and O–H groups in total. The number of hydrogen-bond acceptors (Lipinski definition) is 4. The first-order valence-electron chi connectivity index (χ1n) is 10.0. The third-order valence-electron chi connectivity index (χ3n) is 5.63. The Balaban J connectivity index is 1.23. The maximum Gasteiger partial charge on any atom is 0.243 e. The molecule has 2 saturated heterocycles. The summed E-state index contributed by atoms with van der Waals surface area (Å²) in [7, 11) is 0. The highest BCUT2D eigenvalue weighted by atomic mass is 32.2. The molecular weight excluding hydrogens is 384 g/mol. The molecule has 0 saturated carbocycles. The molecule has 0 radical (unpaired) electrons. The molecule has 0 spiro atoms. The van der Waals surface area contributed by atoms with Gasteiger partial charge in [0.1, 0.15) is 18.4 Å². The van der Waals surface area contributed by atoms with E-state index in [9.17, 15) is 9.59 Å². The lowest BCUT2D eigenvalue weighted by atomic mass is 10.1. The van der Waals surface area contributed by atoms with E-state index in [1.54, 1.807) is 16.7 Å². The average molecular weight is 411 g/mol. The topological polar surface area (TPSA) is 58.6 Å². The molecule has 2 aromatic rings. The largest absolute Gasteiger partial charge is 0.489 e. The van der Waals surface area contributed by atoms with Gasteiger partial charge in [0.2, 0.25) is 11.8 Å². The van der Waals surface area contributed by atoms with Gasteiger partial charge < -0.3 is 15.0 Å². The van der Waals surface area contributed by atoms with Crippen LogP contribution in [0, 0.1) is 0 Å². The molecule has 2 aromatic carbocycles. The van der Waals surface area contributed by atoms with Gasteiger partial charge in [0.15, 0.2) is 0 Å².